The molecule has 0 saturated heterocycles. The maximum atomic E-state index is 12.7. The number of anilines is 1. The lowest BCUT2D eigenvalue weighted by Crippen LogP contribution is -2.41. The second-order valence-corrected chi connectivity index (χ2v) is 7.08. The summed E-state index contributed by atoms with van der Waals surface area (Å²) in [6, 6.07) is 0. The van der Waals surface area contributed by atoms with Gasteiger partial charge in [0.05, 0.1) is 6.54 Å². The zero-order chi connectivity index (χ0) is 16.5. The lowest BCUT2D eigenvalue weighted by atomic mass is 10.1. The molecule has 0 unspecified atom stereocenters. The predicted molar refractivity (Wildman–Crippen MR) is 93.4 cm³/mol. The van der Waals surface area contributed by atoms with Gasteiger partial charge in [0.1, 0.15) is 0 Å². The molecule has 23 heavy (non-hydrogen) atoms. The zero-order valence-electron chi connectivity index (χ0n) is 13.9. The van der Waals surface area contributed by atoms with E-state index in [1.54, 1.807) is 11.1 Å². The van der Waals surface area contributed by atoms with Gasteiger partial charge < -0.3 is 10.2 Å². The van der Waals surface area contributed by atoms with Gasteiger partial charge in [0.15, 0.2) is 5.13 Å². The van der Waals surface area contributed by atoms with E-state index >= 15 is 0 Å². The van der Waals surface area contributed by atoms with Crippen molar-refractivity contribution in [1.82, 2.24) is 9.88 Å². The number of hydrogen-bond donors (Lipinski definition) is 1. The van der Waals surface area contributed by atoms with E-state index in [9.17, 15) is 9.59 Å². The maximum absolute atomic E-state index is 12.7. The summed E-state index contributed by atoms with van der Waals surface area (Å²) >= 11 is 1.39. The number of nitrogens with one attached hydrogen (secondary N) is 1. The smallest absolute Gasteiger partial charge is 0.245 e. The summed E-state index contributed by atoms with van der Waals surface area (Å²) in [5.41, 5.74) is 0. The molecule has 1 heterocycles. The molecule has 2 rings (SSSR count). The Hall–Kier alpha value is -1.43. The van der Waals surface area contributed by atoms with Crippen LogP contribution in [-0.2, 0) is 9.59 Å². The van der Waals surface area contributed by atoms with Gasteiger partial charge in [0, 0.05) is 24.0 Å². The third-order valence-electron chi connectivity index (χ3n) is 4.31. The van der Waals surface area contributed by atoms with Crippen molar-refractivity contribution >= 4 is 28.3 Å². The molecule has 1 aliphatic rings. The van der Waals surface area contributed by atoms with Crippen LogP contribution < -0.4 is 5.32 Å². The molecule has 1 aromatic rings. The largest absolute Gasteiger partial charge is 0.333 e. The Balaban J connectivity index is 1.88. The summed E-state index contributed by atoms with van der Waals surface area (Å²) in [6.07, 6.45) is 10.3. The number of hydrogen-bond acceptors (Lipinski definition) is 4. The summed E-state index contributed by atoms with van der Waals surface area (Å²) in [4.78, 5) is 30.7. The summed E-state index contributed by atoms with van der Waals surface area (Å²) in [5, 5.41) is 5.19. The Kier molecular flexibility index (Phi) is 7.52. The van der Waals surface area contributed by atoms with Gasteiger partial charge in [-0.15, -0.1) is 11.3 Å². The molecule has 1 fully saturated rings. The second kappa shape index (κ2) is 9.65. The molecule has 128 valence electrons. The topological polar surface area (TPSA) is 62.3 Å². The Morgan fingerprint density at radius 1 is 1.30 bits per heavy atom. The van der Waals surface area contributed by atoms with Gasteiger partial charge in [-0.05, 0) is 19.3 Å². The number of amides is 2. The lowest BCUT2D eigenvalue weighted by molar-refractivity contribution is -0.138. The molecule has 2 amide bonds. The fourth-order valence-electron chi connectivity index (χ4n) is 3.04. The van der Waals surface area contributed by atoms with E-state index in [0.717, 1.165) is 38.5 Å². The summed E-state index contributed by atoms with van der Waals surface area (Å²) in [5.74, 6) is 0.129. The van der Waals surface area contributed by atoms with Gasteiger partial charge in [-0.25, -0.2) is 4.98 Å². The van der Waals surface area contributed by atoms with Crippen LogP contribution in [-0.4, -0.2) is 34.8 Å². The van der Waals surface area contributed by atoms with Crippen molar-refractivity contribution in [2.75, 3.05) is 18.4 Å². The van der Waals surface area contributed by atoms with Crippen molar-refractivity contribution in [3.63, 3.8) is 0 Å². The van der Waals surface area contributed by atoms with Crippen LogP contribution in [0.2, 0.25) is 0 Å². The molecule has 0 aliphatic heterocycles. The molecule has 1 aromatic heterocycles. The molecule has 5 nitrogen and oxygen atoms in total. The van der Waals surface area contributed by atoms with Crippen molar-refractivity contribution in [2.45, 2.75) is 58.3 Å². The molecule has 6 heteroatoms. The number of rotatable bonds is 9. The molecule has 0 radical (unpaired) electrons. The SMILES string of the molecule is CCCCCCN(CC(=O)Nc1nccs1)C(=O)C1CCCC1. The fourth-order valence-corrected chi connectivity index (χ4v) is 3.59. The molecule has 1 aliphatic carbocycles. The molecular formula is C17H27N3O2S. The highest BCUT2D eigenvalue weighted by Crippen LogP contribution is 2.26. The first-order valence-electron chi connectivity index (χ1n) is 8.69. The van der Waals surface area contributed by atoms with E-state index in [0.29, 0.717) is 11.7 Å². The molecule has 1 N–H and O–H groups in total. The Morgan fingerprint density at radius 3 is 2.74 bits per heavy atom. The van der Waals surface area contributed by atoms with Crippen LogP contribution in [0.1, 0.15) is 58.3 Å². The van der Waals surface area contributed by atoms with Gasteiger partial charge in [-0.3, -0.25) is 9.59 Å². The highest BCUT2D eigenvalue weighted by atomic mass is 32.1. The van der Waals surface area contributed by atoms with E-state index in [2.05, 4.69) is 17.2 Å². The normalized spacial score (nSPS) is 14.8. The Morgan fingerprint density at radius 2 is 2.09 bits per heavy atom. The summed E-state index contributed by atoms with van der Waals surface area (Å²) in [6.45, 7) is 2.99. The quantitative estimate of drug-likeness (QED) is 0.699. The Labute approximate surface area is 142 Å². The van der Waals surface area contributed by atoms with E-state index in [4.69, 9.17) is 0 Å². The van der Waals surface area contributed by atoms with Crippen LogP contribution >= 0.6 is 11.3 Å². The maximum Gasteiger partial charge on any atom is 0.245 e. The monoisotopic (exact) mass is 337 g/mol. The van der Waals surface area contributed by atoms with Gasteiger partial charge in [0.25, 0.3) is 0 Å². The number of carbonyl (C=O) groups excluding carboxylic acids is 2. The predicted octanol–water partition coefficient (Wildman–Crippen LogP) is 3.68. The highest BCUT2D eigenvalue weighted by molar-refractivity contribution is 7.13. The van der Waals surface area contributed by atoms with E-state index in [1.165, 1.54) is 24.2 Å². The number of thiazole rings is 1. The minimum absolute atomic E-state index is 0.119. The van der Waals surface area contributed by atoms with Crippen molar-refractivity contribution in [3.8, 4) is 0 Å². The summed E-state index contributed by atoms with van der Waals surface area (Å²) in [7, 11) is 0. The lowest BCUT2D eigenvalue weighted by Gasteiger charge is -2.25. The number of carbonyl (C=O) groups is 2. The molecule has 0 atom stereocenters. The number of unbranched alkanes of at least 4 members (excludes halogenated alkanes) is 3. The summed E-state index contributed by atoms with van der Waals surface area (Å²) < 4.78 is 0. The van der Waals surface area contributed by atoms with E-state index in [1.807, 2.05) is 5.38 Å². The van der Waals surface area contributed by atoms with Crippen molar-refractivity contribution in [2.24, 2.45) is 5.92 Å². The van der Waals surface area contributed by atoms with Crippen LogP contribution in [0.5, 0.6) is 0 Å². The van der Waals surface area contributed by atoms with Crippen molar-refractivity contribution in [1.29, 1.82) is 0 Å². The molecule has 0 bridgehead atoms. The van der Waals surface area contributed by atoms with Gasteiger partial charge in [-0.1, -0.05) is 39.0 Å². The van der Waals surface area contributed by atoms with E-state index < -0.39 is 0 Å². The first-order valence-corrected chi connectivity index (χ1v) is 9.56. The standard InChI is InChI=1S/C17H27N3O2S/c1-2-3-4-7-11-20(16(22)14-8-5-6-9-14)13-15(21)19-17-18-10-12-23-17/h10,12,14H,2-9,11,13H2,1H3,(H,18,19,21). The van der Waals surface area contributed by atoms with Crippen molar-refractivity contribution in [3.05, 3.63) is 11.6 Å². The molecule has 1 saturated carbocycles. The molecule has 0 spiro atoms. The average Bonchev–Trinajstić information content (AvgIpc) is 3.22. The zero-order valence-corrected chi connectivity index (χ0v) is 14.7. The second-order valence-electron chi connectivity index (χ2n) is 6.19. The van der Waals surface area contributed by atoms with Crippen LogP contribution in [0.4, 0.5) is 5.13 Å². The fraction of sp³-hybridized carbons (Fsp3) is 0.706. The van der Waals surface area contributed by atoms with Crippen LogP contribution in [0.25, 0.3) is 0 Å². The van der Waals surface area contributed by atoms with Gasteiger partial charge in [0.2, 0.25) is 11.8 Å². The van der Waals surface area contributed by atoms with Crippen molar-refractivity contribution < 1.29 is 9.59 Å². The minimum atomic E-state index is -0.151. The third-order valence-corrected chi connectivity index (χ3v) is 5.00. The average molecular weight is 337 g/mol. The molecule has 0 aromatic carbocycles. The first-order chi connectivity index (χ1) is 11.2. The highest BCUT2D eigenvalue weighted by Gasteiger charge is 2.28. The third kappa shape index (κ3) is 5.94. The molecular weight excluding hydrogens is 310 g/mol. The first kappa shape index (κ1) is 17.9. The minimum Gasteiger partial charge on any atom is -0.333 e. The van der Waals surface area contributed by atoms with Crippen LogP contribution in [0.3, 0.4) is 0 Å². The van der Waals surface area contributed by atoms with Gasteiger partial charge >= 0.3 is 0 Å². The van der Waals surface area contributed by atoms with Crippen LogP contribution in [0, 0.1) is 5.92 Å². The number of nitrogens with zero attached hydrogens (tertiary/aromatic N) is 2. The van der Waals surface area contributed by atoms with Crippen LogP contribution in [0.15, 0.2) is 11.6 Å². The van der Waals surface area contributed by atoms with Gasteiger partial charge in [-0.2, -0.15) is 0 Å². The van der Waals surface area contributed by atoms with E-state index in [-0.39, 0.29) is 24.3 Å². The number of aromatic nitrogens is 1. The Bertz CT molecular complexity index is 484.